The second-order valence-electron chi connectivity index (χ2n) is 11.3. The maximum atomic E-state index is 13.6. The number of carbonyl (C=O) groups excluding carboxylic acids is 1. The Morgan fingerprint density at radius 3 is 2.27 bits per heavy atom. The van der Waals surface area contributed by atoms with Crippen LogP contribution < -0.4 is 9.80 Å². The summed E-state index contributed by atoms with van der Waals surface area (Å²) in [7, 11) is -4.13. The molecule has 2 aliphatic heterocycles. The van der Waals surface area contributed by atoms with E-state index in [0.717, 1.165) is 51.3 Å². The summed E-state index contributed by atoms with van der Waals surface area (Å²) < 4.78 is 33.0. The Kier molecular flexibility index (Phi) is 10.8. The molecule has 0 bridgehead atoms. The molecule has 2 aliphatic rings. The molecule has 1 atom stereocenters. The van der Waals surface area contributed by atoms with Crippen molar-refractivity contribution >= 4 is 67.3 Å². The SMILES string of the molecule is CCCCCCCN1C(=O)/C(=C/C=C/C=C2\Sc3cc4ccccc4cc3N2CCC(C)S(=O)(=O)O)N(c2ccccc2)C1=S. The topological polar surface area (TPSA) is 81.2 Å². The number of allylic oxidation sites excluding steroid dienone is 4. The summed E-state index contributed by atoms with van der Waals surface area (Å²) in [6, 6.07) is 22.1. The van der Waals surface area contributed by atoms with Crippen molar-refractivity contribution in [1.82, 2.24) is 4.90 Å². The van der Waals surface area contributed by atoms with Crippen molar-refractivity contribution in [3.05, 3.63) is 102 Å². The van der Waals surface area contributed by atoms with Crippen LogP contribution in [0.3, 0.4) is 0 Å². The first-order chi connectivity index (χ1) is 21.7. The van der Waals surface area contributed by atoms with Crippen LogP contribution >= 0.6 is 24.0 Å². The number of thiocarbonyl (C=S) groups is 1. The van der Waals surface area contributed by atoms with Gasteiger partial charge in [-0.25, -0.2) is 0 Å². The second kappa shape index (κ2) is 14.8. The summed E-state index contributed by atoms with van der Waals surface area (Å²) in [5, 5.41) is 2.76. The normalized spacial score (nSPS) is 17.9. The van der Waals surface area contributed by atoms with Gasteiger partial charge in [-0.15, -0.1) is 0 Å². The average Bonchev–Trinajstić information content (AvgIpc) is 3.48. The summed E-state index contributed by atoms with van der Waals surface area (Å²) in [5.41, 5.74) is 2.34. The number of anilines is 2. The number of carbonyl (C=O) groups is 1. The molecule has 10 heteroatoms. The number of hydrogen-bond acceptors (Lipinski definition) is 6. The fourth-order valence-electron chi connectivity index (χ4n) is 5.47. The molecule has 0 aromatic heterocycles. The predicted octanol–water partition coefficient (Wildman–Crippen LogP) is 8.30. The number of rotatable bonds is 13. The van der Waals surface area contributed by atoms with Crippen molar-refractivity contribution in [3.8, 4) is 0 Å². The highest BCUT2D eigenvalue weighted by Gasteiger charge is 2.38. The quantitative estimate of drug-likeness (QED) is 0.0848. The van der Waals surface area contributed by atoms with Gasteiger partial charge < -0.3 is 4.90 Å². The fourth-order valence-corrected chi connectivity index (χ4v) is 7.39. The molecule has 1 N–H and O–H groups in total. The van der Waals surface area contributed by atoms with Crippen molar-refractivity contribution in [3.63, 3.8) is 0 Å². The Morgan fingerprint density at radius 1 is 0.889 bits per heavy atom. The molecule has 0 saturated carbocycles. The number of thioether (sulfide) groups is 1. The lowest BCUT2D eigenvalue weighted by Crippen LogP contribution is -2.33. The van der Waals surface area contributed by atoms with E-state index in [1.807, 2.05) is 71.7 Å². The lowest BCUT2D eigenvalue weighted by atomic mass is 10.1. The van der Waals surface area contributed by atoms with Crippen LogP contribution in [0.1, 0.15) is 52.4 Å². The van der Waals surface area contributed by atoms with E-state index in [-0.39, 0.29) is 12.3 Å². The van der Waals surface area contributed by atoms with Crippen molar-refractivity contribution in [2.24, 2.45) is 0 Å². The van der Waals surface area contributed by atoms with Crippen LogP contribution in [0, 0.1) is 0 Å². The number of para-hydroxylation sites is 1. The summed E-state index contributed by atoms with van der Waals surface area (Å²) in [6.45, 7) is 4.72. The van der Waals surface area contributed by atoms with Gasteiger partial charge in [0.2, 0.25) is 0 Å². The van der Waals surface area contributed by atoms with E-state index in [0.29, 0.717) is 23.9 Å². The molecule has 3 aromatic carbocycles. The third-order valence-corrected chi connectivity index (χ3v) is 10.9. The summed E-state index contributed by atoms with van der Waals surface area (Å²) in [4.78, 5) is 20.3. The van der Waals surface area contributed by atoms with Gasteiger partial charge in [-0.2, -0.15) is 8.42 Å². The maximum Gasteiger partial charge on any atom is 0.277 e. The van der Waals surface area contributed by atoms with E-state index in [1.165, 1.54) is 19.8 Å². The summed E-state index contributed by atoms with van der Waals surface area (Å²) >= 11 is 7.43. The molecule has 7 nitrogen and oxygen atoms in total. The molecule has 5 rings (SSSR count). The van der Waals surface area contributed by atoms with Crippen molar-refractivity contribution in [2.75, 3.05) is 22.9 Å². The van der Waals surface area contributed by atoms with Crippen LogP contribution in [0.5, 0.6) is 0 Å². The minimum Gasteiger partial charge on any atom is -0.335 e. The van der Waals surface area contributed by atoms with E-state index in [4.69, 9.17) is 12.2 Å². The Morgan fingerprint density at radius 2 is 1.56 bits per heavy atom. The summed E-state index contributed by atoms with van der Waals surface area (Å²) in [5.74, 6) is -0.105. The first-order valence-electron chi connectivity index (χ1n) is 15.4. The van der Waals surface area contributed by atoms with Crippen LogP contribution in [-0.2, 0) is 14.9 Å². The van der Waals surface area contributed by atoms with Gasteiger partial charge in [0.15, 0.2) is 5.11 Å². The zero-order chi connectivity index (χ0) is 32.0. The smallest absolute Gasteiger partial charge is 0.277 e. The number of nitrogens with zero attached hydrogens (tertiary/aromatic N) is 3. The number of benzene rings is 3. The van der Waals surface area contributed by atoms with Gasteiger partial charge in [0.25, 0.3) is 16.0 Å². The zero-order valence-electron chi connectivity index (χ0n) is 25.6. The molecule has 1 unspecified atom stereocenters. The molecule has 1 amide bonds. The molecule has 3 aromatic rings. The van der Waals surface area contributed by atoms with Gasteiger partial charge in [0.1, 0.15) is 5.70 Å². The van der Waals surface area contributed by atoms with Gasteiger partial charge in [-0.1, -0.05) is 99.0 Å². The number of fused-ring (bicyclic) bond motifs is 2. The van der Waals surface area contributed by atoms with Gasteiger partial charge >= 0.3 is 0 Å². The number of unbranched alkanes of at least 4 members (excludes halogenated alkanes) is 4. The Bertz CT molecular complexity index is 1750. The largest absolute Gasteiger partial charge is 0.335 e. The maximum absolute atomic E-state index is 13.6. The molecular formula is C35H39N3O4S3. The highest BCUT2D eigenvalue weighted by Crippen LogP contribution is 2.47. The highest BCUT2D eigenvalue weighted by atomic mass is 32.2. The molecule has 0 aliphatic carbocycles. The first kappa shape index (κ1) is 32.9. The molecule has 0 radical (unpaired) electrons. The fraction of sp³-hybridized carbons (Fsp3) is 0.314. The third kappa shape index (κ3) is 7.69. The van der Waals surface area contributed by atoms with Gasteiger partial charge in [-0.05, 0) is 79.2 Å². The van der Waals surface area contributed by atoms with Crippen molar-refractivity contribution in [2.45, 2.75) is 62.5 Å². The van der Waals surface area contributed by atoms with Crippen LogP contribution in [0.25, 0.3) is 10.8 Å². The number of hydrogen-bond donors (Lipinski definition) is 1. The van der Waals surface area contributed by atoms with Crippen LogP contribution in [0.15, 0.2) is 107 Å². The Hall–Kier alpha value is -3.44. The second-order valence-corrected chi connectivity index (χ2v) is 14.6. The van der Waals surface area contributed by atoms with E-state index in [9.17, 15) is 17.8 Å². The molecule has 0 spiro atoms. The van der Waals surface area contributed by atoms with E-state index >= 15 is 0 Å². The van der Waals surface area contributed by atoms with Crippen molar-refractivity contribution < 1.29 is 17.8 Å². The molecule has 236 valence electrons. The lowest BCUT2D eigenvalue weighted by Gasteiger charge is -2.22. The highest BCUT2D eigenvalue weighted by molar-refractivity contribution is 8.03. The van der Waals surface area contributed by atoms with Gasteiger partial charge in [-0.3, -0.25) is 19.1 Å². The van der Waals surface area contributed by atoms with Crippen LogP contribution in [0.4, 0.5) is 11.4 Å². The van der Waals surface area contributed by atoms with E-state index in [1.54, 1.807) is 16.7 Å². The minimum absolute atomic E-state index is 0.105. The number of amides is 1. The van der Waals surface area contributed by atoms with Crippen molar-refractivity contribution in [1.29, 1.82) is 0 Å². The Labute approximate surface area is 276 Å². The minimum atomic E-state index is -4.13. The first-order valence-corrected chi connectivity index (χ1v) is 18.2. The van der Waals surface area contributed by atoms with Crippen LogP contribution in [0.2, 0.25) is 0 Å². The molecule has 1 fully saturated rings. The molecule has 1 saturated heterocycles. The zero-order valence-corrected chi connectivity index (χ0v) is 28.1. The van der Waals surface area contributed by atoms with Gasteiger partial charge in [0.05, 0.1) is 16.0 Å². The lowest BCUT2D eigenvalue weighted by molar-refractivity contribution is -0.122. The average molecular weight is 662 g/mol. The molecule has 2 heterocycles. The van der Waals surface area contributed by atoms with E-state index < -0.39 is 15.4 Å². The van der Waals surface area contributed by atoms with E-state index in [2.05, 4.69) is 36.1 Å². The molecule has 45 heavy (non-hydrogen) atoms. The standard InChI is InChI=1S/C35H39N3O4S3/c1-3-4-5-6-14-22-37-34(39)30(38(35(37)43)29-17-8-7-9-18-29)19-12-13-20-33-36(23-21-26(2)45(40,41)42)31-24-27-15-10-11-16-28(27)25-32(31)44-33/h7-13,15-20,24-26H,3-6,14,21-23H2,1-2H3,(H,40,41,42)/b13-12+,30-19-,33-20-. The summed E-state index contributed by atoms with van der Waals surface area (Å²) in [6.07, 6.45) is 13.3. The molecular weight excluding hydrogens is 623 g/mol. The Balaban J connectivity index is 1.41. The monoisotopic (exact) mass is 661 g/mol. The van der Waals surface area contributed by atoms with Gasteiger partial charge in [0, 0.05) is 23.7 Å². The third-order valence-electron chi connectivity index (χ3n) is 8.10. The predicted molar refractivity (Wildman–Crippen MR) is 190 cm³/mol. The van der Waals surface area contributed by atoms with Crippen LogP contribution in [-0.4, -0.2) is 47.2 Å².